The van der Waals surface area contributed by atoms with Crippen molar-refractivity contribution >= 4 is 124 Å². The van der Waals surface area contributed by atoms with Crippen LogP contribution in [0.15, 0.2) is 200 Å². The molecule has 0 aliphatic rings. The van der Waals surface area contributed by atoms with Crippen LogP contribution in [0, 0.1) is 0 Å². The lowest BCUT2D eigenvalue weighted by Gasteiger charge is -2.27. The van der Waals surface area contributed by atoms with E-state index in [1.807, 2.05) is 11.3 Å². The summed E-state index contributed by atoms with van der Waals surface area (Å²) in [4.78, 5) is 2.50. The molecule has 268 valence electrons. The Kier molecular flexibility index (Phi) is 6.66. The molecule has 0 bridgehead atoms. The van der Waals surface area contributed by atoms with Gasteiger partial charge in [0.05, 0.1) is 10.4 Å². The maximum atomic E-state index is 2.50. The van der Waals surface area contributed by atoms with E-state index in [0.717, 1.165) is 11.4 Å². The quantitative estimate of drug-likeness (QED) is 0.162. The lowest BCUT2D eigenvalue weighted by atomic mass is 9.87. The summed E-state index contributed by atoms with van der Waals surface area (Å²) in [5, 5.41) is 20.5. The van der Waals surface area contributed by atoms with Crippen LogP contribution in [0.1, 0.15) is 0 Å². The summed E-state index contributed by atoms with van der Waals surface area (Å²) in [5.41, 5.74) is 5.90. The second-order valence-corrected chi connectivity index (χ2v) is 16.6. The van der Waals surface area contributed by atoms with Crippen LogP contribution in [0.2, 0.25) is 0 Å². The molecule has 13 rings (SSSR count). The molecule has 0 aliphatic carbocycles. The van der Waals surface area contributed by atoms with Gasteiger partial charge in [0.25, 0.3) is 0 Å². The van der Waals surface area contributed by atoms with Gasteiger partial charge < -0.3 is 4.90 Å². The SMILES string of the molecule is c1ccc2c(-c3ccc(N(c4cc5ccc6cccc7c8cccc9ccc%10cccc(c(c4)c5c67)c%10c98)c4cccc5c4sc4ccccc45)cc3)cccc2c1. The molecule has 0 N–H and O–H groups in total. The van der Waals surface area contributed by atoms with Crippen LogP contribution in [0.5, 0.6) is 0 Å². The summed E-state index contributed by atoms with van der Waals surface area (Å²) >= 11 is 1.88. The highest BCUT2D eigenvalue weighted by Gasteiger charge is 2.22. The van der Waals surface area contributed by atoms with Gasteiger partial charge in [0, 0.05) is 26.8 Å². The number of anilines is 3. The minimum Gasteiger partial charge on any atom is -0.309 e. The van der Waals surface area contributed by atoms with E-state index in [1.165, 1.54) is 112 Å². The second-order valence-electron chi connectivity index (χ2n) is 15.6. The maximum Gasteiger partial charge on any atom is 0.0640 e. The van der Waals surface area contributed by atoms with Gasteiger partial charge in [-0.3, -0.25) is 0 Å². The molecule has 12 aromatic carbocycles. The molecule has 1 heterocycles. The van der Waals surface area contributed by atoms with Crippen molar-refractivity contribution in [1.29, 1.82) is 0 Å². The minimum atomic E-state index is 1.12. The molecule has 0 unspecified atom stereocenters. The molecule has 0 fully saturated rings. The summed E-state index contributed by atoms with van der Waals surface area (Å²) in [6, 6.07) is 74.8. The van der Waals surface area contributed by atoms with Crippen LogP contribution >= 0.6 is 11.3 Å². The van der Waals surface area contributed by atoms with E-state index in [0.29, 0.717) is 0 Å². The first-order chi connectivity index (χ1) is 28.8. The molecule has 0 spiro atoms. The minimum absolute atomic E-state index is 1.12. The van der Waals surface area contributed by atoms with E-state index in [1.54, 1.807) is 0 Å². The topological polar surface area (TPSA) is 3.24 Å². The number of rotatable bonds is 4. The summed E-state index contributed by atoms with van der Waals surface area (Å²) in [7, 11) is 0. The van der Waals surface area contributed by atoms with E-state index >= 15 is 0 Å². The fourth-order valence-corrected chi connectivity index (χ4v) is 11.2. The molecular weight excluding hydrogens is 719 g/mol. The number of hydrogen-bond acceptors (Lipinski definition) is 2. The Balaban J connectivity index is 1.15. The predicted octanol–water partition coefficient (Wildman–Crippen LogP) is 16.7. The number of benzene rings is 11. The fourth-order valence-electron chi connectivity index (χ4n) is 10.0. The highest BCUT2D eigenvalue weighted by atomic mass is 32.1. The zero-order valence-electron chi connectivity index (χ0n) is 31.4. The van der Waals surface area contributed by atoms with Gasteiger partial charge in [0.2, 0.25) is 0 Å². The number of hydrogen-bond donors (Lipinski definition) is 0. The molecule has 58 heavy (non-hydrogen) atoms. The Hall–Kier alpha value is -7.26. The number of fused-ring (bicyclic) bond motifs is 6. The maximum absolute atomic E-state index is 2.50. The van der Waals surface area contributed by atoms with Gasteiger partial charge in [0.1, 0.15) is 0 Å². The number of nitrogens with zero attached hydrogens (tertiary/aromatic N) is 1. The van der Waals surface area contributed by atoms with E-state index in [2.05, 4.69) is 205 Å². The van der Waals surface area contributed by atoms with Gasteiger partial charge in [0.15, 0.2) is 0 Å². The van der Waals surface area contributed by atoms with Crippen LogP contribution in [0.3, 0.4) is 0 Å². The zero-order chi connectivity index (χ0) is 37.9. The van der Waals surface area contributed by atoms with Crippen molar-refractivity contribution in [2.45, 2.75) is 0 Å². The third kappa shape index (κ3) is 4.52. The molecule has 1 aromatic heterocycles. The molecule has 0 saturated carbocycles. The van der Waals surface area contributed by atoms with Gasteiger partial charge in [-0.25, -0.2) is 0 Å². The van der Waals surface area contributed by atoms with Crippen molar-refractivity contribution in [2.24, 2.45) is 0 Å². The van der Waals surface area contributed by atoms with E-state index < -0.39 is 0 Å². The first-order valence-electron chi connectivity index (χ1n) is 20.0. The van der Waals surface area contributed by atoms with Crippen LogP contribution in [-0.4, -0.2) is 0 Å². The molecule has 1 nitrogen and oxygen atoms in total. The highest BCUT2D eigenvalue weighted by molar-refractivity contribution is 7.26. The Labute approximate surface area is 338 Å². The third-order valence-electron chi connectivity index (χ3n) is 12.5. The summed E-state index contributed by atoms with van der Waals surface area (Å²) in [6.07, 6.45) is 0. The van der Waals surface area contributed by atoms with Crippen LogP contribution in [0.4, 0.5) is 17.1 Å². The Morgan fingerprint density at radius 2 is 0.828 bits per heavy atom. The van der Waals surface area contributed by atoms with Gasteiger partial charge in [-0.2, -0.15) is 0 Å². The largest absolute Gasteiger partial charge is 0.309 e. The van der Waals surface area contributed by atoms with Crippen molar-refractivity contribution in [2.75, 3.05) is 4.90 Å². The summed E-state index contributed by atoms with van der Waals surface area (Å²) in [5.74, 6) is 0. The van der Waals surface area contributed by atoms with Crippen molar-refractivity contribution in [3.05, 3.63) is 200 Å². The highest BCUT2D eigenvalue weighted by Crippen LogP contribution is 2.49. The molecular formula is C56H33NS. The molecule has 0 radical (unpaired) electrons. The van der Waals surface area contributed by atoms with Crippen molar-refractivity contribution in [3.8, 4) is 11.1 Å². The third-order valence-corrected chi connectivity index (χ3v) is 13.7. The molecule has 0 aliphatic heterocycles. The average Bonchev–Trinajstić information content (AvgIpc) is 3.67. The second kappa shape index (κ2) is 12.1. The lowest BCUT2D eigenvalue weighted by molar-refractivity contribution is 1.31. The smallest absolute Gasteiger partial charge is 0.0640 e. The van der Waals surface area contributed by atoms with Gasteiger partial charge in [-0.15, -0.1) is 11.3 Å². The molecule has 13 aromatic rings. The van der Waals surface area contributed by atoms with Gasteiger partial charge in [-0.05, 0) is 123 Å². The fraction of sp³-hybridized carbons (Fsp3) is 0. The Morgan fingerprint density at radius 3 is 1.55 bits per heavy atom. The summed E-state index contributed by atoms with van der Waals surface area (Å²) in [6.45, 7) is 0. The molecule has 2 heteroatoms. The first kappa shape index (κ1) is 31.9. The monoisotopic (exact) mass is 751 g/mol. The molecule has 0 saturated heterocycles. The predicted molar refractivity (Wildman–Crippen MR) is 253 cm³/mol. The van der Waals surface area contributed by atoms with Crippen molar-refractivity contribution in [1.82, 2.24) is 0 Å². The normalized spacial score (nSPS) is 12.1. The molecule has 0 atom stereocenters. The van der Waals surface area contributed by atoms with Crippen LogP contribution in [0.25, 0.3) is 107 Å². The van der Waals surface area contributed by atoms with Gasteiger partial charge >= 0.3 is 0 Å². The first-order valence-corrected chi connectivity index (χ1v) is 20.8. The van der Waals surface area contributed by atoms with Gasteiger partial charge in [-0.1, -0.05) is 164 Å². The Morgan fingerprint density at radius 1 is 0.310 bits per heavy atom. The average molecular weight is 752 g/mol. The van der Waals surface area contributed by atoms with E-state index in [4.69, 9.17) is 0 Å². The van der Waals surface area contributed by atoms with E-state index in [-0.39, 0.29) is 0 Å². The van der Waals surface area contributed by atoms with E-state index in [9.17, 15) is 0 Å². The van der Waals surface area contributed by atoms with Crippen molar-refractivity contribution in [3.63, 3.8) is 0 Å². The molecule has 0 amide bonds. The zero-order valence-corrected chi connectivity index (χ0v) is 32.2. The van der Waals surface area contributed by atoms with Crippen LogP contribution < -0.4 is 4.90 Å². The van der Waals surface area contributed by atoms with Crippen molar-refractivity contribution < 1.29 is 0 Å². The van der Waals surface area contributed by atoms with Crippen LogP contribution in [-0.2, 0) is 0 Å². The standard InChI is InChI=1S/C56H33NS/c1-2-15-42-34(10-1)11-5-17-43(42)35-28-30-40(31-29-35)57(50-22-9-21-48-44-16-3-4-23-51(44)58-56(48)50)41-32-39-27-26-38-13-7-19-46-45-18-6-12-36-24-25-37-14-8-20-47(54(37)52(36)45)49(33-41)55(39)53(38)46/h1-33H. The Bertz CT molecular complexity index is 3790. The summed E-state index contributed by atoms with van der Waals surface area (Å²) < 4.78 is 2.58. The number of thiophene rings is 1. The lowest BCUT2D eigenvalue weighted by Crippen LogP contribution is -2.10.